The van der Waals surface area contributed by atoms with Crippen molar-refractivity contribution in [3.63, 3.8) is 0 Å². The molecule has 1 N–H and O–H groups in total. The first-order valence-electron chi connectivity index (χ1n) is 3.77. The second kappa shape index (κ2) is 2.85. The Balaban J connectivity index is 2.55. The molecule has 0 bridgehead atoms. The average Bonchev–Trinajstić information content (AvgIpc) is 2.09. The van der Waals surface area contributed by atoms with Crippen LogP contribution in [0.1, 0.15) is 0 Å². The van der Waals surface area contributed by atoms with Crippen LogP contribution in [-0.4, -0.2) is 12.0 Å². The molecule has 0 atom stereocenters. The van der Waals surface area contributed by atoms with Crippen molar-refractivity contribution >= 4 is 11.6 Å². The lowest BCUT2D eigenvalue weighted by atomic mass is 10.2. The molecular weight excluding hydrogens is 218 g/mol. The van der Waals surface area contributed by atoms with Gasteiger partial charge in [0.1, 0.15) is 5.82 Å². The summed E-state index contributed by atoms with van der Waals surface area (Å²) in [7, 11) is 0. The van der Waals surface area contributed by atoms with Gasteiger partial charge in [-0.2, -0.15) is 8.78 Å². The molecule has 1 aromatic carbocycles. The van der Waals surface area contributed by atoms with Crippen LogP contribution in [-0.2, 0) is 4.79 Å². The van der Waals surface area contributed by atoms with Crippen molar-refractivity contribution in [1.82, 2.24) is 0 Å². The number of halogens is 4. The lowest BCUT2D eigenvalue weighted by Crippen LogP contribution is -2.43. The van der Waals surface area contributed by atoms with Crippen LogP contribution in [0.5, 0.6) is 5.75 Å². The molecule has 0 radical (unpaired) electrons. The highest BCUT2D eigenvalue weighted by atomic mass is 19.3. The van der Waals surface area contributed by atoms with E-state index in [0.717, 1.165) is 0 Å². The molecule has 7 heteroatoms. The standard InChI is InChI=1S/C8H3F4NO2/c9-3-1-4(10)6-5(2-3)13-7(14)8(11,12)15-6/h1-2H,(H,13,14). The van der Waals surface area contributed by atoms with Gasteiger partial charge in [0.25, 0.3) is 0 Å². The maximum atomic E-state index is 13.0. The first-order valence-corrected chi connectivity index (χ1v) is 3.77. The SMILES string of the molecule is O=C1Nc2cc(F)cc(F)c2OC1(F)F. The van der Waals surface area contributed by atoms with Crippen LogP contribution in [0, 0.1) is 11.6 Å². The fourth-order valence-corrected chi connectivity index (χ4v) is 1.13. The minimum Gasteiger partial charge on any atom is -0.420 e. The summed E-state index contributed by atoms with van der Waals surface area (Å²) in [5, 5.41) is 1.64. The molecule has 0 saturated heterocycles. The maximum Gasteiger partial charge on any atom is 0.482 e. The molecule has 2 rings (SSSR count). The number of amides is 1. The lowest BCUT2D eigenvalue weighted by molar-refractivity contribution is -0.190. The Hall–Kier alpha value is -1.79. The second-order valence-corrected chi connectivity index (χ2v) is 2.84. The van der Waals surface area contributed by atoms with Crippen LogP contribution in [0.3, 0.4) is 0 Å². The second-order valence-electron chi connectivity index (χ2n) is 2.84. The van der Waals surface area contributed by atoms with Crippen molar-refractivity contribution in [1.29, 1.82) is 0 Å². The van der Waals surface area contributed by atoms with Crippen molar-refractivity contribution in [2.24, 2.45) is 0 Å². The number of hydrogen-bond donors (Lipinski definition) is 1. The number of anilines is 1. The van der Waals surface area contributed by atoms with Crippen LogP contribution in [0.4, 0.5) is 23.2 Å². The Morgan fingerprint density at radius 3 is 2.60 bits per heavy atom. The Kier molecular flexibility index (Phi) is 1.85. The maximum absolute atomic E-state index is 13.0. The normalized spacial score (nSPS) is 17.7. The third kappa shape index (κ3) is 1.49. The predicted molar refractivity (Wildman–Crippen MR) is 40.6 cm³/mol. The molecule has 0 saturated carbocycles. The fourth-order valence-electron chi connectivity index (χ4n) is 1.13. The number of nitrogens with one attached hydrogen (secondary N) is 1. The molecule has 1 amide bonds. The number of carbonyl (C=O) groups excluding carboxylic acids is 1. The number of carbonyl (C=O) groups is 1. The van der Waals surface area contributed by atoms with E-state index in [1.165, 1.54) is 0 Å². The Morgan fingerprint density at radius 2 is 1.93 bits per heavy atom. The van der Waals surface area contributed by atoms with Crippen molar-refractivity contribution in [2.75, 3.05) is 5.32 Å². The monoisotopic (exact) mass is 221 g/mol. The number of hydrogen-bond acceptors (Lipinski definition) is 2. The summed E-state index contributed by atoms with van der Waals surface area (Å²) in [6.45, 7) is 0. The summed E-state index contributed by atoms with van der Waals surface area (Å²) in [4.78, 5) is 10.7. The van der Waals surface area contributed by atoms with Gasteiger partial charge in [-0.3, -0.25) is 4.79 Å². The molecule has 80 valence electrons. The topological polar surface area (TPSA) is 38.3 Å². The first kappa shape index (κ1) is 9.75. The van der Waals surface area contributed by atoms with Crippen molar-refractivity contribution in [3.8, 4) is 5.75 Å². The average molecular weight is 221 g/mol. The molecule has 1 aliphatic rings. The molecule has 0 fully saturated rings. The molecule has 0 spiro atoms. The first-order chi connectivity index (χ1) is 6.90. The number of ether oxygens (including phenoxy) is 1. The molecule has 1 aromatic rings. The van der Waals surface area contributed by atoms with E-state index < -0.39 is 35.1 Å². The van der Waals surface area contributed by atoms with E-state index in [-0.39, 0.29) is 0 Å². The Morgan fingerprint density at radius 1 is 1.27 bits per heavy atom. The largest absolute Gasteiger partial charge is 0.482 e. The number of fused-ring (bicyclic) bond motifs is 1. The van der Waals surface area contributed by atoms with Gasteiger partial charge >= 0.3 is 12.0 Å². The van der Waals surface area contributed by atoms with Gasteiger partial charge in [0.15, 0.2) is 11.6 Å². The summed E-state index contributed by atoms with van der Waals surface area (Å²) in [6.07, 6.45) is -4.15. The number of benzene rings is 1. The van der Waals surface area contributed by atoms with Crippen LogP contribution in [0.2, 0.25) is 0 Å². The molecule has 1 heterocycles. The molecule has 1 aliphatic heterocycles. The van der Waals surface area contributed by atoms with E-state index in [0.29, 0.717) is 12.1 Å². The fraction of sp³-hybridized carbons (Fsp3) is 0.125. The van der Waals surface area contributed by atoms with Crippen molar-refractivity contribution < 1.29 is 27.1 Å². The van der Waals surface area contributed by atoms with Gasteiger partial charge in [0.05, 0.1) is 5.69 Å². The van der Waals surface area contributed by atoms with Crippen molar-refractivity contribution in [3.05, 3.63) is 23.8 Å². The van der Waals surface area contributed by atoms with E-state index in [9.17, 15) is 22.4 Å². The molecule has 0 aromatic heterocycles. The Bertz CT molecular complexity index is 447. The van der Waals surface area contributed by atoms with Gasteiger partial charge in [-0.05, 0) is 0 Å². The highest BCUT2D eigenvalue weighted by Gasteiger charge is 2.47. The summed E-state index contributed by atoms with van der Waals surface area (Å²) in [5.41, 5.74) is -0.455. The van der Waals surface area contributed by atoms with Crippen LogP contribution < -0.4 is 10.1 Å². The molecule has 0 unspecified atom stereocenters. The highest BCUT2D eigenvalue weighted by molar-refractivity contribution is 5.98. The molecular formula is C8H3F4NO2. The predicted octanol–water partition coefficient (Wildman–Crippen LogP) is 1.89. The number of alkyl halides is 2. The highest BCUT2D eigenvalue weighted by Crippen LogP contribution is 2.37. The number of rotatable bonds is 0. The summed E-state index contributed by atoms with van der Waals surface area (Å²) in [5.74, 6) is -4.94. The van der Waals surface area contributed by atoms with Gasteiger partial charge in [0.2, 0.25) is 0 Å². The van der Waals surface area contributed by atoms with Gasteiger partial charge in [-0.15, -0.1) is 0 Å². The molecule has 3 nitrogen and oxygen atoms in total. The van der Waals surface area contributed by atoms with E-state index in [2.05, 4.69) is 4.74 Å². The molecule has 15 heavy (non-hydrogen) atoms. The third-order valence-electron chi connectivity index (χ3n) is 1.75. The van der Waals surface area contributed by atoms with Crippen molar-refractivity contribution in [2.45, 2.75) is 6.11 Å². The smallest absolute Gasteiger partial charge is 0.420 e. The van der Waals surface area contributed by atoms with E-state index in [1.807, 2.05) is 0 Å². The zero-order chi connectivity index (χ0) is 11.2. The minimum absolute atomic E-state index is 0.381. The zero-order valence-corrected chi connectivity index (χ0v) is 6.98. The molecule has 0 aliphatic carbocycles. The zero-order valence-electron chi connectivity index (χ0n) is 6.98. The Labute approximate surface area is 80.6 Å². The van der Waals surface area contributed by atoms with Gasteiger partial charge in [0, 0.05) is 12.1 Å². The van der Waals surface area contributed by atoms with Crippen LogP contribution in [0.15, 0.2) is 12.1 Å². The van der Waals surface area contributed by atoms with E-state index in [4.69, 9.17) is 0 Å². The summed E-state index contributed by atoms with van der Waals surface area (Å²) in [6, 6.07) is 1.07. The van der Waals surface area contributed by atoms with Gasteiger partial charge in [-0.1, -0.05) is 0 Å². The van der Waals surface area contributed by atoms with Gasteiger partial charge < -0.3 is 10.1 Å². The van der Waals surface area contributed by atoms with E-state index >= 15 is 0 Å². The minimum atomic E-state index is -4.15. The van der Waals surface area contributed by atoms with Crippen LogP contribution in [0.25, 0.3) is 0 Å². The van der Waals surface area contributed by atoms with Crippen LogP contribution >= 0.6 is 0 Å². The van der Waals surface area contributed by atoms with E-state index in [1.54, 1.807) is 5.32 Å². The quantitative estimate of drug-likeness (QED) is 0.679. The summed E-state index contributed by atoms with van der Waals surface area (Å²) < 4.78 is 54.7. The lowest BCUT2D eigenvalue weighted by Gasteiger charge is -2.24. The third-order valence-corrected chi connectivity index (χ3v) is 1.75. The van der Waals surface area contributed by atoms with Gasteiger partial charge in [-0.25, -0.2) is 8.78 Å². The summed E-state index contributed by atoms with van der Waals surface area (Å²) >= 11 is 0.